The van der Waals surface area contributed by atoms with Crippen molar-refractivity contribution in [2.24, 2.45) is 0 Å². The van der Waals surface area contributed by atoms with Gasteiger partial charge in [-0.2, -0.15) is 0 Å². The molecular weight excluding hydrogens is 368 g/mol. The molecule has 29 heavy (non-hydrogen) atoms. The minimum atomic E-state index is -0.277. The molecule has 1 aromatic heterocycles. The Morgan fingerprint density at radius 2 is 1.86 bits per heavy atom. The smallest absolute Gasteiger partial charge is 0.274 e. The predicted octanol–water partition coefficient (Wildman–Crippen LogP) is 3.71. The van der Waals surface area contributed by atoms with Crippen molar-refractivity contribution in [1.29, 1.82) is 0 Å². The van der Waals surface area contributed by atoms with Crippen LogP contribution in [0.3, 0.4) is 0 Å². The van der Waals surface area contributed by atoms with Crippen molar-refractivity contribution in [1.82, 2.24) is 9.97 Å². The normalized spacial score (nSPS) is 10.3. The summed E-state index contributed by atoms with van der Waals surface area (Å²) in [7, 11) is 3.22. The third-order valence-electron chi connectivity index (χ3n) is 4.31. The maximum Gasteiger partial charge on any atom is 0.274 e. The van der Waals surface area contributed by atoms with Gasteiger partial charge in [-0.3, -0.25) is 4.79 Å². The third-order valence-corrected chi connectivity index (χ3v) is 4.31. The quantitative estimate of drug-likeness (QED) is 0.608. The first-order valence-electron chi connectivity index (χ1n) is 9.25. The molecule has 0 unspecified atom stereocenters. The van der Waals surface area contributed by atoms with E-state index in [9.17, 15) is 4.79 Å². The van der Waals surface area contributed by atoms with Gasteiger partial charge in [-0.05, 0) is 54.8 Å². The molecule has 3 aromatic rings. The second-order valence-electron chi connectivity index (χ2n) is 6.46. The number of carbonyl (C=O) groups is 1. The van der Waals surface area contributed by atoms with Crippen molar-refractivity contribution >= 4 is 17.5 Å². The first kappa shape index (κ1) is 20.1. The molecule has 0 aliphatic heterocycles. The lowest BCUT2D eigenvalue weighted by atomic mass is 10.1. The molecule has 1 amide bonds. The standard InChI is InChI=1S/C22H24N4O3/c1-15-5-4-6-17(13-15)25-21(27)18-10-12-24-22(26-18)23-11-9-16-7-8-19(28-2)20(14-16)29-3/h4-8,10,12-14H,9,11H2,1-3H3,(H,25,27)(H,23,24,26). The SMILES string of the molecule is COc1ccc(CCNc2nccc(C(=O)Nc3cccc(C)c3)n2)cc1OC. The van der Waals surface area contributed by atoms with Gasteiger partial charge in [0.2, 0.25) is 5.95 Å². The Bertz CT molecular complexity index is 991. The van der Waals surface area contributed by atoms with Crippen molar-refractivity contribution in [2.45, 2.75) is 13.3 Å². The van der Waals surface area contributed by atoms with Crippen LogP contribution < -0.4 is 20.1 Å². The molecule has 0 aliphatic rings. The Balaban J connectivity index is 1.59. The van der Waals surface area contributed by atoms with Gasteiger partial charge >= 0.3 is 0 Å². The summed E-state index contributed by atoms with van der Waals surface area (Å²) in [6, 6.07) is 15.0. The lowest BCUT2D eigenvalue weighted by Crippen LogP contribution is -2.16. The first-order chi connectivity index (χ1) is 14.1. The number of nitrogens with one attached hydrogen (secondary N) is 2. The van der Waals surface area contributed by atoms with E-state index in [-0.39, 0.29) is 5.91 Å². The van der Waals surface area contributed by atoms with E-state index in [1.165, 1.54) is 0 Å². The molecule has 2 N–H and O–H groups in total. The van der Waals surface area contributed by atoms with Crippen LogP contribution in [0, 0.1) is 6.92 Å². The van der Waals surface area contributed by atoms with Crippen LogP contribution in [-0.2, 0) is 6.42 Å². The number of anilines is 2. The van der Waals surface area contributed by atoms with Gasteiger partial charge in [-0.15, -0.1) is 0 Å². The molecule has 0 saturated heterocycles. The molecule has 0 aliphatic carbocycles. The lowest BCUT2D eigenvalue weighted by Gasteiger charge is -2.10. The zero-order valence-corrected chi connectivity index (χ0v) is 16.7. The molecule has 2 aromatic carbocycles. The summed E-state index contributed by atoms with van der Waals surface area (Å²) in [5.41, 5.74) is 3.19. The Labute approximate surface area is 170 Å². The lowest BCUT2D eigenvalue weighted by molar-refractivity contribution is 0.102. The second-order valence-corrected chi connectivity index (χ2v) is 6.46. The highest BCUT2D eigenvalue weighted by Crippen LogP contribution is 2.27. The van der Waals surface area contributed by atoms with Gasteiger partial charge in [0.1, 0.15) is 5.69 Å². The van der Waals surface area contributed by atoms with E-state index in [0.29, 0.717) is 29.7 Å². The summed E-state index contributed by atoms with van der Waals surface area (Å²) in [4.78, 5) is 20.9. The second kappa shape index (κ2) is 9.54. The third kappa shape index (κ3) is 5.44. The van der Waals surface area contributed by atoms with Gasteiger partial charge in [0.25, 0.3) is 5.91 Å². The van der Waals surface area contributed by atoms with Crippen LogP contribution in [0.1, 0.15) is 21.6 Å². The number of carbonyl (C=O) groups excluding carboxylic acids is 1. The van der Waals surface area contributed by atoms with Crippen LogP contribution >= 0.6 is 0 Å². The summed E-state index contributed by atoms with van der Waals surface area (Å²) in [5.74, 6) is 1.51. The van der Waals surface area contributed by atoms with E-state index in [2.05, 4.69) is 20.6 Å². The van der Waals surface area contributed by atoms with Crippen LogP contribution in [0.25, 0.3) is 0 Å². The van der Waals surface area contributed by atoms with E-state index < -0.39 is 0 Å². The zero-order valence-electron chi connectivity index (χ0n) is 16.7. The highest BCUT2D eigenvalue weighted by atomic mass is 16.5. The predicted molar refractivity (Wildman–Crippen MR) is 113 cm³/mol. The highest BCUT2D eigenvalue weighted by Gasteiger charge is 2.10. The molecule has 0 saturated carbocycles. The van der Waals surface area contributed by atoms with E-state index >= 15 is 0 Å². The summed E-state index contributed by atoms with van der Waals surface area (Å²) in [6.45, 7) is 2.58. The minimum Gasteiger partial charge on any atom is -0.493 e. The van der Waals surface area contributed by atoms with Gasteiger partial charge in [0, 0.05) is 18.4 Å². The summed E-state index contributed by atoms with van der Waals surface area (Å²) >= 11 is 0. The number of nitrogens with zero attached hydrogens (tertiary/aromatic N) is 2. The van der Waals surface area contributed by atoms with Crippen molar-refractivity contribution in [2.75, 3.05) is 31.4 Å². The summed E-state index contributed by atoms with van der Waals surface area (Å²) < 4.78 is 10.6. The van der Waals surface area contributed by atoms with Crippen molar-refractivity contribution in [3.63, 3.8) is 0 Å². The maximum absolute atomic E-state index is 12.4. The number of benzene rings is 2. The van der Waals surface area contributed by atoms with Crippen molar-refractivity contribution in [3.8, 4) is 11.5 Å². The van der Waals surface area contributed by atoms with E-state index in [1.54, 1.807) is 26.5 Å². The number of hydrogen-bond acceptors (Lipinski definition) is 6. The Morgan fingerprint density at radius 1 is 1.03 bits per heavy atom. The largest absolute Gasteiger partial charge is 0.493 e. The van der Waals surface area contributed by atoms with Gasteiger partial charge in [0.05, 0.1) is 14.2 Å². The summed E-state index contributed by atoms with van der Waals surface area (Å²) in [5, 5.41) is 6.00. The molecule has 0 atom stereocenters. The van der Waals surface area contributed by atoms with Crippen LogP contribution in [0.15, 0.2) is 54.7 Å². The minimum absolute atomic E-state index is 0.277. The molecule has 0 spiro atoms. The first-order valence-corrected chi connectivity index (χ1v) is 9.25. The topological polar surface area (TPSA) is 85.4 Å². The fourth-order valence-corrected chi connectivity index (χ4v) is 2.84. The number of ether oxygens (including phenoxy) is 2. The van der Waals surface area contributed by atoms with Crippen LogP contribution in [0.5, 0.6) is 11.5 Å². The van der Waals surface area contributed by atoms with E-state index in [1.807, 2.05) is 49.4 Å². The molecule has 7 nitrogen and oxygen atoms in total. The Kier molecular flexibility index (Phi) is 6.63. The van der Waals surface area contributed by atoms with Crippen molar-refractivity contribution in [3.05, 3.63) is 71.5 Å². The number of rotatable bonds is 8. The van der Waals surface area contributed by atoms with Gasteiger partial charge < -0.3 is 20.1 Å². The van der Waals surface area contributed by atoms with Gasteiger partial charge in [-0.25, -0.2) is 9.97 Å². The van der Waals surface area contributed by atoms with Gasteiger partial charge in [-0.1, -0.05) is 18.2 Å². The fourth-order valence-electron chi connectivity index (χ4n) is 2.84. The Morgan fingerprint density at radius 3 is 2.62 bits per heavy atom. The van der Waals surface area contributed by atoms with Crippen LogP contribution in [-0.4, -0.2) is 36.6 Å². The number of aromatic nitrogens is 2. The van der Waals surface area contributed by atoms with Crippen molar-refractivity contribution < 1.29 is 14.3 Å². The number of amides is 1. The van der Waals surface area contributed by atoms with E-state index in [4.69, 9.17) is 9.47 Å². The average molecular weight is 392 g/mol. The molecular formula is C22H24N4O3. The number of hydrogen-bond donors (Lipinski definition) is 2. The van der Waals surface area contributed by atoms with Crippen LogP contribution in [0.2, 0.25) is 0 Å². The monoisotopic (exact) mass is 392 g/mol. The number of methoxy groups -OCH3 is 2. The summed E-state index contributed by atoms with van der Waals surface area (Å²) in [6.07, 6.45) is 2.31. The van der Waals surface area contributed by atoms with E-state index in [0.717, 1.165) is 23.2 Å². The molecule has 0 fully saturated rings. The number of aryl methyl sites for hydroxylation is 1. The fraction of sp³-hybridized carbons (Fsp3) is 0.227. The highest BCUT2D eigenvalue weighted by molar-refractivity contribution is 6.03. The zero-order chi connectivity index (χ0) is 20.6. The molecule has 7 heteroatoms. The molecule has 0 radical (unpaired) electrons. The molecule has 1 heterocycles. The average Bonchev–Trinajstić information content (AvgIpc) is 2.74. The molecule has 0 bridgehead atoms. The van der Waals surface area contributed by atoms with Crippen LogP contribution in [0.4, 0.5) is 11.6 Å². The Hall–Kier alpha value is -3.61. The molecule has 150 valence electrons. The maximum atomic E-state index is 12.4. The molecule has 3 rings (SSSR count). The van der Waals surface area contributed by atoms with Gasteiger partial charge in [0.15, 0.2) is 11.5 Å².